The third-order valence-electron chi connectivity index (χ3n) is 5.90. The van der Waals surface area contributed by atoms with Crippen molar-refractivity contribution in [3.63, 3.8) is 0 Å². The van der Waals surface area contributed by atoms with Crippen molar-refractivity contribution in [2.75, 3.05) is 31.9 Å². The largest absolute Gasteiger partial charge is 0.339 e. The van der Waals surface area contributed by atoms with Crippen molar-refractivity contribution >= 4 is 17.7 Å². The smallest absolute Gasteiger partial charge is 0.233 e. The van der Waals surface area contributed by atoms with Crippen LogP contribution in [0.2, 0.25) is 0 Å². The number of nitrogens with zero attached hydrogens (tertiary/aromatic N) is 5. The zero-order valence-electron chi connectivity index (χ0n) is 16.6. The molecule has 1 aromatic heterocycles. The van der Waals surface area contributed by atoms with Crippen molar-refractivity contribution in [1.29, 1.82) is 0 Å². The van der Waals surface area contributed by atoms with Gasteiger partial charge >= 0.3 is 0 Å². The molecule has 1 fully saturated rings. The van der Waals surface area contributed by atoms with Crippen molar-refractivity contribution in [3.05, 3.63) is 41.7 Å². The first-order valence-corrected chi connectivity index (χ1v) is 11.3. The van der Waals surface area contributed by atoms with E-state index in [9.17, 15) is 4.79 Å². The molecule has 150 valence electrons. The number of piperazine rings is 1. The number of benzene rings is 1. The molecule has 2 aliphatic heterocycles. The van der Waals surface area contributed by atoms with Crippen molar-refractivity contribution in [2.45, 2.75) is 50.4 Å². The van der Waals surface area contributed by atoms with Gasteiger partial charge in [0, 0.05) is 45.2 Å². The van der Waals surface area contributed by atoms with E-state index in [1.807, 2.05) is 4.90 Å². The predicted octanol–water partition coefficient (Wildman–Crippen LogP) is 3.00. The number of hydrogen-bond donors (Lipinski definition) is 0. The van der Waals surface area contributed by atoms with Gasteiger partial charge in [-0.2, -0.15) is 0 Å². The molecule has 0 radical (unpaired) electrons. The Balaban J connectivity index is 1.27. The standard InChI is InChI=1S/C21H29N5OS/c1-17(18-8-4-2-5-9-18)24-12-14-25(15-13-24)20(27)16-28-21-23-22-19-10-6-3-7-11-26(19)21/h2,4-5,8-9,17H,3,6-7,10-16H2,1H3/t17-/m0/s1. The molecule has 6 nitrogen and oxygen atoms in total. The highest BCUT2D eigenvalue weighted by Crippen LogP contribution is 2.24. The van der Waals surface area contributed by atoms with Gasteiger partial charge in [0.05, 0.1) is 5.75 Å². The summed E-state index contributed by atoms with van der Waals surface area (Å²) in [6.45, 7) is 6.68. The summed E-state index contributed by atoms with van der Waals surface area (Å²) in [7, 11) is 0. The lowest BCUT2D eigenvalue weighted by Crippen LogP contribution is -2.49. The summed E-state index contributed by atoms with van der Waals surface area (Å²) in [6.07, 6.45) is 4.61. The monoisotopic (exact) mass is 399 g/mol. The molecule has 4 rings (SSSR count). The third-order valence-corrected chi connectivity index (χ3v) is 6.85. The Morgan fingerprint density at radius 3 is 2.61 bits per heavy atom. The average Bonchev–Trinajstić information content (AvgIpc) is 2.98. The molecule has 0 saturated carbocycles. The quantitative estimate of drug-likeness (QED) is 0.724. The van der Waals surface area contributed by atoms with Crippen LogP contribution in [0.15, 0.2) is 35.5 Å². The van der Waals surface area contributed by atoms with Gasteiger partial charge in [0.2, 0.25) is 5.91 Å². The number of amides is 1. The van der Waals surface area contributed by atoms with Gasteiger partial charge in [-0.3, -0.25) is 9.69 Å². The molecule has 1 saturated heterocycles. The molecular weight excluding hydrogens is 370 g/mol. The van der Waals surface area contributed by atoms with Crippen LogP contribution in [0, 0.1) is 0 Å². The second-order valence-electron chi connectivity index (χ2n) is 7.65. The van der Waals surface area contributed by atoms with Crippen LogP contribution >= 0.6 is 11.8 Å². The Kier molecular flexibility index (Phi) is 6.32. The Morgan fingerprint density at radius 2 is 1.82 bits per heavy atom. The normalized spacial score (nSPS) is 19.1. The lowest BCUT2D eigenvalue weighted by atomic mass is 10.1. The number of rotatable bonds is 5. The van der Waals surface area contributed by atoms with Crippen LogP contribution < -0.4 is 0 Å². The highest BCUT2D eigenvalue weighted by Gasteiger charge is 2.25. The minimum Gasteiger partial charge on any atom is -0.339 e. The molecule has 1 aromatic carbocycles. The minimum atomic E-state index is 0.211. The first kappa shape index (κ1) is 19.5. The lowest BCUT2D eigenvalue weighted by Gasteiger charge is -2.38. The molecule has 1 amide bonds. The minimum absolute atomic E-state index is 0.211. The summed E-state index contributed by atoms with van der Waals surface area (Å²) >= 11 is 1.54. The van der Waals surface area contributed by atoms with E-state index in [1.54, 1.807) is 11.8 Å². The molecule has 2 aromatic rings. The van der Waals surface area contributed by atoms with Gasteiger partial charge in [-0.05, 0) is 25.3 Å². The van der Waals surface area contributed by atoms with E-state index in [2.05, 4.69) is 56.9 Å². The van der Waals surface area contributed by atoms with Crippen LogP contribution in [-0.4, -0.2) is 62.4 Å². The second kappa shape index (κ2) is 9.09. The summed E-state index contributed by atoms with van der Waals surface area (Å²) in [4.78, 5) is 17.2. The van der Waals surface area contributed by atoms with E-state index < -0.39 is 0 Å². The van der Waals surface area contributed by atoms with Crippen molar-refractivity contribution in [2.24, 2.45) is 0 Å². The van der Waals surface area contributed by atoms with Gasteiger partial charge in [0.1, 0.15) is 5.82 Å². The maximum atomic E-state index is 12.7. The van der Waals surface area contributed by atoms with Crippen LogP contribution in [0.3, 0.4) is 0 Å². The molecule has 2 aliphatic rings. The number of hydrogen-bond acceptors (Lipinski definition) is 5. The first-order valence-electron chi connectivity index (χ1n) is 10.3. The Hall–Kier alpha value is -1.86. The van der Waals surface area contributed by atoms with Gasteiger partial charge in [-0.1, -0.05) is 48.5 Å². The predicted molar refractivity (Wildman–Crippen MR) is 111 cm³/mol. The van der Waals surface area contributed by atoms with Crippen molar-refractivity contribution in [1.82, 2.24) is 24.6 Å². The molecule has 0 spiro atoms. The van der Waals surface area contributed by atoms with Crippen molar-refractivity contribution < 1.29 is 4.79 Å². The van der Waals surface area contributed by atoms with Gasteiger partial charge in [-0.25, -0.2) is 0 Å². The number of carbonyl (C=O) groups is 1. The highest BCUT2D eigenvalue weighted by atomic mass is 32.2. The maximum absolute atomic E-state index is 12.7. The molecule has 7 heteroatoms. The number of aryl methyl sites for hydroxylation is 1. The zero-order chi connectivity index (χ0) is 19.3. The van der Waals surface area contributed by atoms with Gasteiger partial charge < -0.3 is 9.47 Å². The summed E-state index contributed by atoms with van der Waals surface area (Å²) in [5, 5.41) is 9.55. The Morgan fingerprint density at radius 1 is 1.04 bits per heavy atom. The average molecular weight is 400 g/mol. The van der Waals surface area contributed by atoms with Crippen LogP contribution in [0.4, 0.5) is 0 Å². The molecule has 0 aliphatic carbocycles. The molecule has 0 unspecified atom stereocenters. The van der Waals surface area contributed by atoms with E-state index in [1.165, 1.54) is 24.8 Å². The number of fused-ring (bicyclic) bond motifs is 1. The molecule has 1 atom stereocenters. The topological polar surface area (TPSA) is 54.3 Å². The highest BCUT2D eigenvalue weighted by molar-refractivity contribution is 7.99. The third kappa shape index (κ3) is 4.41. The molecule has 0 bridgehead atoms. The number of thioether (sulfide) groups is 1. The fourth-order valence-electron chi connectivity index (χ4n) is 4.08. The van der Waals surface area contributed by atoms with E-state index in [4.69, 9.17) is 0 Å². The summed E-state index contributed by atoms with van der Waals surface area (Å²) in [5.74, 6) is 1.74. The van der Waals surface area contributed by atoms with Gasteiger partial charge in [-0.15, -0.1) is 10.2 Å². The van der Waals surface area contributed by atoms with Crippen molar-refractivity contribution in [3.8, 4) is 0 Å². The van der Waals surface area contributed by atoms with E-state index in [0.29, 0.717) is 11.8 Å². The summed E-state index contributed by atoms with van der Waals surface area (Å²) in [6, 6.07) is 11.0. The Labute approximate surface area is 171 Å². The Bertz CT molecular complexity index is 785. The van der Waals surface area contributed by atoms with Crippen LogP contribution in [-0.2, 0) is 17.8 Å². The molecule has 28 heavy (non-hydrogen) atoms. The van der Waals surface area contributed by atoms with E-state index in [0.717, 1.165) is 50.1 Å². The van der Waals surface area contributed by atoms with Crippen LogP contribution in [0.25, 0.3) is 0 Å². The summed E-state index contributed by atoms with van der Waals surface area (Å²) in [5.41, 5.74) is 1.34. The first-order chi connectivity index (χ1) is 13.7. The fourth-order valence-corrected chi connectivity index (χ4v) is 4.97. The zero-order valence-corrected chi connectivity index (χ0v) is 17.4. The number of carbonyl (C=O) groups excluding carboxylic acids is 1. The van der Waals surface area contributed by atoms with Gasteiger partial charge in [0.25, 0.3) is 0 Å². The fraction of sp³-hybridized carbons (Fsp3) is 0.571. The molecule has 3 heterocycles. The van der Waals surface area contributed by atoms with Gasteiger partial charge in [0.15, 0.2) is 5.16 Å². The molecular formula is C21H29N5OS. The van der Waals surface area contributed by atoms with Crippen LogP contribution in [0.1, 0.15) is 43.6 Å². The van der Waals surface area contributed by atoms with E-state index >= 15 is 0 Å². The number of aromatic nitrogens is 3. The van der Waals surface area contributed by atoms with E-state index in [-0.39, 0.29) is 5.91 Å². The maximum Gasteiger partial charge on any atom is 0.233 e. The lowest BCUT2D eigenvalue weighted by molar-refractivity contribution is -0.130. The van der Waals surface area contributed by atoms with Crippen LogP contribution in [0.5, 0.6) is 0 Å². The SMILES string of the molecule is C[C@@H](c1ccccc1)N1CCN(C(=O)CSc2nnc3n2CCCCC3)CC1. The second-order valence-corrected chi connectivity index (χ2v) is 8.60. The molecule has 0 N–H and O–H groups in total. The summed E-state index contributed by atoms with van der Waals surface area (Å²) < 4.78 is 2.21.